The lowest BCUT2D eigenvalue weighted by molar-refractivity contribution is -0.0493. The van der Waals surface area contributed by atoms with Crippen LogP contribution in [0.1, 0.15) is 0 Å². The number of benzene rings is 3. The van der Waals surface area contributed by atoms with E-state index in [-0.39, 0.29) is 11.4 Å². The van der Waals surface area contributed by atoms with Crippen LogP contribution < -0.4 is 16.2 Å². The van der Waals surface area contributed by atoms with Crippen LogP contribution in [0.2, 0.25) is 0 Å². The lowest BCUT2D eigenvalue weighted by Gasteiger charge is -2.05. The van der Waals surface area contributed by atoms with Crippen molar-refractivity contribution in [3.63, 3.8) is 0 Å². The molecule has 5 heteroatoms. The van der Waals surface area contributed by atoms with Gasteiger partial charge in [0.25, 0.3) is 0 Å². The second-order valence-corrected chi connectivity index (χ2v) is 4.87. The smallest absolute Gasteiger partial charge is 0.387 e. The van der Waals surface area contributed by atoms with Crippen molar-refractivity contribution in [2.45, 2.75) is 6.61 Å². The highest BCUT2D eigenvalue weighted by Crippen LogP contribution is 2.24. The van der Waals surface area contributed by atoms with Crippen LogP contribution in [0.3, 0.4) is 0 Å². The quantitative estimate of drug-likeness (QED) is 0.679. The minimum absolute atomic E-state index is 0.0162. The van der Waals surface area contributed by atoms with E-state index in [1.165, 1.54) is 17.7 Å². The summed E-state index contributed by atoms with van der Waals surface area (Å²) in [5, 5.41) is 0. The zero-order valence-corrected chi connectivity index (χ0v) is 12.9. The summed E-state index contributed by atoms with van der Waals surface area (Å²) in [7, 11) is 0. The number of nitrogen functional groups attached to an aromatic ring is 2. The van der Waals surface area contributed by atoms with Crippen LogP contribution in [-0.2, 0) is 0 Å². The molecule has 0 aliphatic carbocycles. The van der Waals surface area contributed by atoms with Gasteiger partial charge in [-0.1, -0.05) is 60.7 Å². The van der Waals surface area contributed by atoms with Gasteiger partial charge in [0.2, 0.25) is 0 Å². The number of alkyl halides is 2. The van der Waals surface area contributed by atoms with E-state index >= 15 is 0 Å². The van der Waals surface area contributed by atoms with Crippen molar-refractivity contribution in [2.75, 3.05) is 11.5 Å². The first kappa shape index (κ1) is 17.3. The summed E-state index contributed by atoms with van der Waals surface area (Å²) in [5.74, 6) is 0.0162. The van der Waals surface area contributed by atoms with Crippen LogP contribution in [0.5, 0.6) is 5.75 Å². The Hall–Kier alpha value is -3.08. The number of halogens is 2. The predicted octanol–water partition coefficient (Wildman–Crippen LogP) is 4.81. The molecule has 0 heterocycles. The normalized spacial score (nSPS) is 9.96. The van der Waals surface area contributed by atoms with E-state index in [9.17, 15) is 8.78 Å². The summed E-state index contributed by atoms with van der Waals surface area (Å²) in [6.07, 6.45) is 0. The summed E-state index contributed by atoms with van der Waals surface area (Å²) < 4.78 is 27.3. The Kier molecular flexibility index (Phi) is 6.14. The summed E-state index contributed by atoms with van der Waals surface area (Å²) in [6, 6.07) is 24.2. The van der Waals surface area contributed by atoms with Crippen molar-refractivity contribution < 1.29 is 13.5 Å². The molecule has 0 saturated heterocycles. The fourth-order valence-corrected chi connectivity index (χ4v) is 2.06. The minimum Gasteiger partial charge on any atom is -0.433 e. The molecule has 24 heavy (non-hydrogen) atoms. The molecule has 0 spiro atoms. The van der Waals surface area contributed by atoms with Crippen LogP contribution in [0.15, 0.2) is 78.9 Å². The Morgan fingerprint density at radius 1 is 0.667 bits per heavy atom. The van der Waals surface area contributed by atoms with Gasteiger partial charge < -0.3 is 16.2 Å². The Balaban J connectivity index is 0.000000177. The van der Waals surface area contributed by atoms with Gasteiger partial charge in [-0.2, -0.15) is 8.78 Å². The molecule has 3 aromatic rings. The molecule has 0 amide bonds. The third kappa shape index (κ3) is 4.98. The standard InChI is InChI=1S/C12H11N.C7H7F2NO/c13-12-9-5-4-8-11(12)10-6-2-1-3-7-10;8-7(9)11-6-4-2-1-3-5(6)10/h1-9H,13H2;1-4,7H,10H2. The van der Waals surface area contributed by atoms with Gasteiger partial charge in [0.15, 0.2) is 0 Å². The summed E-state index contributed by atoms with van der Waals surface area (Å²) >= 11 is 0. The number of rotatable bonds is 3. The Labute approximate surface area is 139 Å². The fourth-order valence-electron chi connectivity index (χ4n) is 2.06. The highest BCUT2D eigenvalue weighted by atomic mass is 19.3. The SMILES string of the molecule is Nc1ccccc1-c1ccccc1.Nc1ccccc1OC(F)F. The van der Waals surface area contributed by atoms with E-state index < -0.39 is 6.61 Å². The average molecular weight is 328 g/mol. The van der Waals surface area contributed by atoms with Gasteiger partial charge in [-0.3, -0.25) is 0 Å². The topological polar surface area (TPSA) is 61.3 Å². The van der Waals surface area contributed by atoms with Gasteiger partial charge in [-0.25, -0.2) is 0 Å². The van der Waals surface area contributed by atoms with E-state index in [1.54, 1.807) is 12.1 Å². The van der Waals surface area contributed by atoms with Crippen molar-refractivity contribution >= 4 is 11.4 Å². The maximum absolute atomic E-state index is 11.6. The van der Waals surface area contributed by atoms with Crippen LogP contribution >= 0.6 is 0 Å². The molecular formula is C19H18F2N2O. The number of hydrogen-bond acceptors (Lipinski definition) is 3. The second kappa shape index (κ2) is 8.53. The van der Waals surface area contributed by atoms with Crippen molar-refractivity contribution in [3.8, 4) is 16.9 Å². The van der Waals surface area contributed by atoms with Crippen molar-refractivity contribution in [2.24, 2.45) is 0 Å². The minimum atomic E-state index is -2.82. The first-order chi connectivity index (χ1) is 11.6. The number of nitrogens with two attached hydrogens (primary N) is 2. The lowest BCUT2D eigenvalue weighted by Crippen LogP contribution is -2.03. The Morgan fingerprint density at radius 2 is 1.21 bits per heavy atom. The predicted molar refractivity (Wildman–Crippen MR) is 93.8 cm³/mol. The molecule has 0 atom stereocenters. The molecule has 0 aliphatic rings. The van der Waals surface area contributed by atoms with Gasteiger partial charge in [0.1, 0.15) is 5.75 Å². The monoisotopic (exact) mass is 328 g/mol. The molecule has 3 nitrogen and oxygen atoms in total. The van der Waals surface area contributed by atoms with Gasteiger partial charge in [0, 0.05) is 11.3 Å². The Bertz CT molecular complexity index is 764. The molecule has 0 radical (unpaired) electrons. The third-order valence-electron chi connectivity index (χ3n) is 3.18. The summed E-state index contributed by atoms with van der Waals surface area (Å²) in [6.45, 7) is -2.82. The van der Waals surface area contributed by atoms with Gasteiger partial charge in [0.05, 0.1) is 5.69 Å². The van der Waals surface area contributed by atoms with Gasteiger partial charge >= 0.3 is 6.61 Å². The maximum Gasteiger partial charge on any atom is 0.387 e. The summed E-state index contributed by atoms with van der Waals surface area (Å²) in [4.78, 5) is 0. The highest BCUT2D eigenvalue weighted by molar-refractivity contribution is 5.75. The van der Waals surface area contributed by atoms with Crippen molar-refractivity contribution in [3.05, 3.63) is 78.9 Å². The zero-order valence-electron chi connectivity index (χ0n) is 12.9. The van der Waals surface area contributed by atoms with Crippen molar-refractivity contribution in [1.82, 2.24) is 0 Å². The van der Waals surface area contributed by atoms with Crippen LogP contribution in [0.4, 0.5) is 20.2 Å². The zero-order chi connectivity index (χ0) is 17.4. The highest BCUT2D eigenvalue weighted by Gasteiger charge is 2.05. The van der Waals surface area contributed by atoms with Gasteiger partial charge in [-0.05, 0) is 23.8 Å². The van der Waals surface area contributed by atoms with Gasteiger partial charge in [-0.15, -0.1) is 0 Å². The van der Waals surface area contributed by atoms with Crippen LogP contribution in [-0.4, -0.2) is 6.61 Å². The molecule has 3 aromatic carbocycles. The molecule has 3 rings (SSSR count). The molecule has 0 aliphatic heterocycles. The first-order valence-electron chi connectivity index (χ1n) is 7.27. The number of ether oxygens (including phenoxy) is 1. The van der Waals surface area contributed by atoms with Crippen LogP contribution in [0.25, 0.3) is 11.1 Å². The molecule has 0 aromatic heterocycles. The molecule has 0 bridgehead atoms. The second-order valence-electron chi connectivity index (χ2n) is 4.87. The number of para-hydroxylation sites is 3. The summed E-state index contributed by atoms with van der Waals surface area (Å²) in [5.41, 5.74) is 14.5. The Morgan fingerprint density at radius 3 is 1.79 bits per heavy atom. The largest absolute Gasteiger partial charge is 0.433 e. The molecular weight excluding hydrogens is 310 g/mol. The molecule has 0 unspecified atom stereocenters. The van der Waals surface area contributed by atoms with E-state index in [0.29, 0.717) is 0 Å². The molecule has 0 fully saturated rings. The molecule has 4 N–H and O–H groups in total. The van der Waals surface area contributed by atoms with E-state index in [1.807, 2.05) is 42.5 Å². The van der Waals surface area contributed by atoms with Crippen molar-refractivity contribution in [1.29, 1.82) is 0 Å². The third-order valence-corrected chi connectivity index (χ3v) is 3.18. The lowest BCUT2D eigenvalue weighted by atomic mass is 10.0. The molecule has 124 valence electrons. The van der Waals surface area contributed by atoms with E-state index in [2.05, 4.69) is 16.9 Å². The number of anilines is 2. The number of hydrogen-bond donors (Lipinski definition) is 2. The average Bonchev–Trinajstić information content (AvgIpc) is 2.58. The molecule has 0 saturated carbocycles. The van der Waals surface area contributed by atoms with E-state index in [0.717, 1.165) is 11.3 Å². The van der Waals surface area contributed by atoms with E-state index in [4.69, 9.17) is 11.5 Å². The fraction of sp³-hybridized carbons (Fsp3) is 0.0526. The van der Waals surface area contributed by atoms with Crippen LogP contribution in [0, 0.1) is 0 Å². The maximum atomic E-state index is 11.6. The first-order valence-corrected chi connectivity index (χ1v) is 7.27.